The molecule has 0 spiro atoms. The molecule has 0 saturated heterocycles. The second-order valence-electron chi connectivity index (χ2n) is 5.91. The van der Waals surface area contributed by atoms with Gasteiger partial charge in [0.1, 0.15) is 0 Å². The summed E-state index contributed by atoms with van der Waals surface area (Å²) >= 11 is 0. The smallest absolute Gasteiger partial charge is 0.668 e. The SMILES string of the molecule is CC(C)(C)[N-][Si](C)(C)[C]1[CH][CH][CH][CH]1.C[N-]C.C[N-]C.[Ti+4]. The van der Waals surface area contributed by atoms with Crippen LogP contribution in [-0.4, -0.2) is 42.0 Å². The van der Waals surface area contributed by atoms with E-state index in [0.29, 0.717) is 0 Å². The maximum atomic E-state index is 4.92. The van der Waals surface area contributed by atoms with Crippen molar-refractivity contribution in [2.24, 2.45) is 0 Å². The molecule has 0 bridgehead atoms. The summed E-state index contributed by atoms with van der Waals surface area (Å²) in [6, 6.07) is 0. The molecular formula is C15H31N3SiTi+. The predicted molar refractivity (Wildman–Crippen MR) is 91.5 cm³/mol. The number of nitrogens with zero attached hydrogens (tertiary/aromatic N) is 3. The van der Waals surface area contributed by atoms with E-state index < -0.39 is 8.24 Å². The summed E-state index contributed by atoms with van der Waals surface area (Å²) in [5.41, 5.74) is 1.52. The number of hydrogen-bond acceptors (Lipinski definition) is 0. The average molecular weight is 329 g/mol. The van der Waals surface area contributed by atoms with Crippen LogP contribution in [0.5, 0.6) is 0 Å². The molecule has 1 aliphatic carbocycles. The summed E-state index contributed by atoms with van der Waals surface area (Å²) in [5.74, 6) is 0. The molecule has 1 aliphatic rings. The molecule has 5 heteroatoms. The van der Waals surface area contributed by atoms with Crippen LogP contribution in [0.4, 0.5) is 0 Å². The summed E-state index contributed by atoms with van der Waals surface area (Å²) in [7, 11) is 5.46. The van der Waals surface area contributed by atoms with Crippen LogP contribution in [-0.2, 0) is 21.7 Å². The van der Waals surface area contributed by atoms with Gasteiger partial charge in [0.2, 0.25) is 0 Å². The van der Waals surface area contributed by atoms with Gasteiger partial charge in [0.25, 0.3) is 0 Å². The Morgan fingerprint density at radius 2 is 1.15 bits per heavy atom. The van der Waals surface area contributed by atoms with E-state index >= 15 is 0 Å². The molecule has 0 atom stereocenters. The third-order valence-electron chi connectivity index (χ3n) is 1.98. The Bertz CT molecular complexity index is 198. The first-order valence-corrected chi connectivity index (χ1v) is 9.51. The molecule has 1 saturated carbocycles. The monoisotopic (exact) mass is 329 g/mol. The molecule has 3 nitrogen and oxygen atoms in total. The van der Waals surface area contributed by atoms with Gasteiger partial charge in [-0.1, -0.05) is 42.1 Å². The van der Waals surface area contributed by atoms with Crippen molar-refractivity contribution in [1.82, 2.24) is 0 Å². The van der Waals surface area contributed by atoms with E-state index in [-0.39, 0.29) is 27.3 Å². The minimum atomic E-state index is -1.54. The van der Waals surface area contributed by atoms with E-state index in [1.807, 2.05) is 0 Å². The van der Waals surface area contributed by atoms with E-state index in [2.05, 4.69) is 70.2 Å². The Hall–Kier alpha value is 0.811. The fraction of sp³-hybridized carbons (Fsp3) is 0.667. The molecule has 0 aromatic heterocycles. The first-order chi connectivity index (χ1) is 8.64. The maximum absolute atomic E-state index is 4.92. The van der Waals surface area contributed by atoms with Crippen LogP contribution >= 0.6 is 0 Å². The van der Waals surface area contributed by atoms with Crippen molar-refractivity contribution in [1.29, 1.82) is 0 Å². The zero-order valence-electron chi connectivity index (χ0n) is 14.7. The van der Waals surface area contributed by atoms with Gasteiger partial charge >= 0.3 is 21.7 Å². The van der Waals surface area contributed by atoms with Gasteiger partial charge in [-0.2, -0.15) is 28.2 Å². The van der Waals surface area contributed by atoms with Crippen molar-refractivity contribution in [3.8, 4) is 0 Å². The Balaban J connectivity index is -0.000000356. The van der Waals surface area contributed by atoms with Gasteiger partial charge in [0.05, 0.1) is 0 Å². The summed E-state index contributed by atoms with van der Waals surface area (Å²) in [6.07, 6.45) is 8.59. The predicted octanol–water partition coefficient (Wildman–Crippen LogP) is 4.55. The van der Waals surface area contributed by atoms with Crippen LogP contribution in [0.15, 0.2) is 0 Å². The molecule has 1 fully saturated rings. The standard InChI is InChI=1S/C11H19NSi.2C2H6N.Ti/c1-11(2,3)12-13(4,5)10-8-6-7-9-10;2*1-3-2;/h6-9H,1-5H3;2*1-2H3;/q3*-1;+4. The maximum Gasteiger partial charge on any atom is 4.00 e. The van der Waals surface area contributed by atoms with Gasteiger partial charge in [0.15, 0.2) is 0 Å². The van der Waals surface area contributed by atoms with Crippen molar-refractivity contribution >= 4 is 8.24 Å². The molecule has 0 aromatic rings. The minimum Gasteiger partial charge on any atom is -0.668 e. The topological polar surface area (TPSA) is 42.3 Å². The molecule has 0 aromatic carbocycles. The first kappa shape index (κ1) is 25.7. The normalized spacial score (nSPS) is 15.4. The Morgan fingerprint density at radius 3 is 1.40 bits per heavy atom. The number of hydrogen-bond donors (Lipinski definition) is 0. The van der Waals surface area contributed by atoms with Gasteiger partial charge in [-0.15, -0.1) is 5.54 Å². The summed E-state index contributed by atoms with van der Waals surface area (Å²) in [5, 5.41) is 7.00. The van der Waals surface area contributed by atoms with Crippen molar-refractivity contribution in [2.75, 3.05) is 28.2 Å². The third kappa shape index (κ3) is 15.2. The molecule has 0 amide bonds. The average Bonchev–Trinajstić information content (AvgIpc) is 2.68. The summed E-state index contributed by atoms with van der Waals surface area (Å²) in [6.45, 7) is 11.1. The van der Waals surface area contributed by atoms with Gasteiger partial charge in [-0.25, -0.2) is 0 Å². The van der Waals surface area contributed by atoms with Gasteiger partial charge in [-0.05, 0) is 31.2 Å². The van der Waals surface area contributed by atoms with E-state index in [4.69, 9.17) is 4.98 Å². The second-order valence-corrected chi connectivity index (χ2v) is 9.83. The zero-order chi connectivity index (χ0) is 15.5. The van der Waals surface area contributed by atoms with Crippen molar-refractivity contribution < 1.29 is 21.7 Å². The molecule has 5 radical (unpaired) electrons. The molecule has 0 heterocycles. The minimum absolute atomic E-state index is 0. The fourth-order valence-electron chi connectivity index (χ4n) is 1.68. The molecular weight excluding hydrogens is 298 g/mol. The summed E-state index contributed by atoms with van der Waals surface area (Å²) in [4.78, 5) is 4.92. The van der Waals surface area contributed by atoms with Crippen LogP contribution in [0.25, 0.3) is 15.6 Å². The van der Waals surface area contributed by atoms with E-state index in [9.17, 15) is 0 Å². The van der Waals surface area contributed by atoms with E-state index in [1.54, 1.807) is 28.2 Å². The van der Waals surface area contributed by atoms with Gasteiger partial charge in [-0.3, -0.25) is 0 Å². The quantitative estimate of drug-likeness (QED) is 0.667. The van der Waals surface area contributed by atoms with Crippen LogP contribution < -0.4 is 0 Å². The number of rotatable bonds is 2. The fourth-order valence-corrected chi connectivity index (χ4v) is 4.50. The summed E-state index contributed by atoms with van der Waals surface area (Å²) < 4.78 is 0. The second kappa shape index (κ2) is 13.5. The van der Waals surface area contributed by atoms with Crippen LogP contribution in [0.1, 0.15) is 20.8 Å². The first-order valence-electron chi connectivity index (χ1n) is 6.56. The Morgan fingerprint density at radius 1 is 0.850 bits per heavy atom. The molecule has 1 rings (SSSR count). The largest absolute Gasteiger partial charge is 4.00 e. The molecule has 0 N–H and O–H groups in total. The zero-order valence-corrected chi connectivity index (χ0v) is 17.2. The molecule has 0 aliphatic heterocycles. The van der Waals surface area contributed by atoms with Crippen LogP contribution in [0, 0.1) is 31.2 Å². The van der Waals surface area contributed by atoms with Crippen molar-refractivity contribution in [3.63, 3.8) is 0 Å². The molecule has 0 unspecified atom stereocenters. The van der Waals surface area contributed by atoms with Crippen LogP contribution in [0.3, 0.4) is 0 Å². The van der Waals surface area contributed by atoms with Crippen molar-refractivity contribution in [3.05, 3.63) is 46.8 Å². The van der Waals surface area contributed by atoms with E-state index in [1.165, 1.54) is 5.54 Å². The van der Waals surface area contributed by atoms with E-state index in [0.717, 1.165) is 0 Å². The Labute approximate surface area is 144 Å². The van der Waals surface area contributed by atoms with Crippen LogP contribution in [0.2, 0.25) is 13.1 Å². The van der Waals surface area contributed by atoms with Gasteiger partial charge < -0.3 is 15.6 Å². The van der Waals surface area contributed by atoms with Crippen molar-refractivity contribution in [2.45, 2.75) is 39.4 Å². The Kier molecular flexibility index (Phi) is 17.3. The van der Waals surface area contributed by atoms with Gasteiger partial charge in [0, 0.05) is 0 Å². The third-order valence-corrected chi connectivity index (χ3v) is 4.96. The molecule has 113 valence electrons. The molecule has 20 heavy (non-hydrogen) atoms.